The summed E-state index contributed by atoms with van der Waals surface area (Å²) in [4.78, 5) is 20.1. The van der Waals surface area contributed by atoms with Crippen LogP contribution in [0.1, 0.15) is 23.7 Å². The number of nitrogens with one attached hydrogen (secondary N) is 1. The molecule has 4 rings (SSSR count). The van der Waals surface area contributed by atoms with Gasteiger partial charge in [-0.1, -0.05) is 24.3 Å². The van der Waals surface area contributed by atoms with Gasteiger partial charge in [-0.05, 0) is 24.5 Å². The summed E-state index contributed by atoms with van der Waals surface area (Å²) in [6, 6.07) is 8.96. The Hall–Kier alpha value is -2.18. The molecule has 6 heteroatoms. The highest BCUT2D eigenvalue weighted by atomic mass is 32.1. The molecule has 1 aliphatic heterocycles. The van der Waals surface area contributed by atoms with E-state index in [2.05, 4.69) is 46.4 Å². The Morgan fingerprint density at radius 2 is 2.20 bits per heavy atom. The highest BCUT2D eigenvalue weighted by Crippen LogP contribution is 2.20. The van der Waals surface area contributed by atoms with Crippen LogP contribution in [0.4, 0.5) is 0 Å². The largest absolute Gasteiger partial charge is 0.354 e. The van der Waals surface area contributed by atoms with Gasteiger partial charge in [0, 0.05) is 43.4 Å². The van der Waals surface area contributed by atoms with Crippen molar-refractivity contribution in [2.45, 2.75) is 32.4 Å². The van der Waals surface area contributed by atoms with Crippen LogP contribution in [-0.2, 0) is 24.2 Å². The van der Waals surface area contributed by atoms with Gasteiger partial charge in [-0.15, -0.1) is 11.3 Å². The van der Waals surface area contributed by atoms with Crippen LogP contribution in [0.3, 0.4) is 0 Å². The Kier molecular flexibility index (Phi) is 4.55. The molecule has 0 saturated heterocycles. The second kappa shape index (κ2) is 6.98. The zero-order valence-corrected chi connectivity index (χ0v) is 15.1. The summed E-state index contributed by atoms with van der Waals surface area (Å²) in [5.41, 5.74) is 3.68. The average molecular weight is 354 g/mol. The summed E-state index contributed by atoms with van der Waals surface area (Å²) in [7, 11) is 0. The first kappa shape index (κ1) is 16.3. The molecule has 0 aliphatic carbocycles. The number of aromatic nitrogens is 2. The molecular formula is C19H22N4OS. The fraction of sp³-hybridized carbons (Fsp3) is 0.368. The Balaban J connectivity index is 1.29. The maximum Gasteiger partial charge on any atom is 0.226 e. The van der Waals surface area contributed by atoms with Gasteiger partial charge in [-0.2, -0.15) is 0 Å². The highest BCUT2D eigenvalue weighted by molar-refractivity contribution is 7.15. The number of fused-ring (bicyclic) bond motifs is 2. The number of imidazole rings is 1. The molecule has 0 radical (unpaired) electrons. The molecule has 0 spiro atoms. The Morgan fingerprint density at radius 3 is 3.04 bits per heavy atom. The summed E-state index contributed by atoms with van der Waals surface area (Å²) < 4.78 is 1.96. The van der Waals surface area contributed by atoms with Crippen molar-refractivity contribution in [2.24, 2.45) is 0 Å². The summed E-state index contributed by atoms with van der Waals surface area (Å²) in [5.74, 6) is 0.0370. The van der Waals surface area contributed by atoms with E-state index in [1.807, 2.05) is 22.2 Å². The maximum absolute atomic E-state index is 12.2. The number of amides is 1. The van der Waals surface area contributed by atoms with Crippen LogP contribution in [0.5, 0.6) is 0 Å². The number of nitrogens with zero attached hydrogens (tertiary/aromatic N) is 3. The smallest absolute Gasteiger partial charge is 0.226 e. The first-order valence-corrected chi connectivity index (χ1v) is 9.55. The van der Waals surface area contributed by atoms with E-state index in [9.17, 15) is 4.79 Å². The van der Waals surface area contributed by atoms with Crippen LogP contribution in [0.15, 0.2) is 42.0 Å². The lowest BCUT2D eigenvalue weighted by Gasteiger charge is -2.33. The van der Waals surface area contributed by atoms with Gasteiger partial charge >= 0.3 is 0 Å². The van der Waals surface area contributed by atoms with Crippen molar-refractivity contribution in [1.82, 2.24) is 19.6 Å². The van der Waals surface area contributed by atoms with Crippen molar-refractivity contribution < 1.29 is 4.79 Å². The molecular weight excluding hydrogens is 332 g/mol. The van der Waals surface area contributed by atoms with Crippen LogP contribution < -0.4 is 5.32 Å². The summed E-state index contributed by atoms with van der Waals surface area (Å²) >= 11 is 1.58. The number of benzene rings is 1. The van der Waals surface area contributed by atoms with Crippen molar-refractivity contribution in [1.29, 1.82) is 0 Å². The molecule has 1 amide bonds. The van der Waals surface area contributed by atoms with E-state index in [1.165, 1.54) is 11.1 Å². The summed E-state index contributed by atoms with van der Waals surface area (Å²) in [5, 5.41) is 5.05. The molecule has 2 aromatic heterocycles. The van der Waals surface area contributed by atoms with Gasteiger partial charge < -0.3 is 5.32 Å². The second-order valence-corrected chi connectivity index (χ2v) is 7.52. The van der Waals surface area contributed by atoms with Crippen LogP contribution in [0.25, 0.3) is 4.96 Å². The topological polar surface area (TPSA) is 49.6 Å². The van der Waals surface area contributed by atoms with Gasteiger partial charge in [-0.25, -0.2) is 4.98 Å². The third kappa shape index (κ3) is 3.60. The zero-order chi connectivity index (χ0) is 17.2. The van der Waals surface area contributed by atoms with Crippen molar-refractivity contribution in [3.05, 3.63) is 58.9 Å². The average Bonchev–Trinajstić information content (AvgIpc) is 3.20. The minimum absolute atomic E-state index is 0.0370. The van der Waals surface area contributed by atoms with Crippen LogP contribution in [0.2, 0.25) is 0 Å². The molecule has 1 aliphatic rings. The van der Waals surface area contributed by atoms with Gasteiger partial charge in [0.2, 0.25) is 5.91 Å². The number of carbonyl (C=O) groups is 1. The van der Waals surface area contributed by atoms with Crippen molar-refractivity contribution in [3.8, 4) is 0 Å². The highest BCUT2D eigenvalue weighted by Gasteiger charge is 2.20. The quantitative estimate of drug-likeness (QED) is 0.766. The van der Waals surface area contributed by atoms with Crippen molar-refractivity contribution >= 4 is 22.2 Å². The standard InChI is InChI=1S/C19H22N4OS/c1-14(22-7-6-15-4-2-3-5-16(15)12-22)11-20-18(24)10-17-13-23-8-9-25-19(23)21-17/h2-5,8-9,13-14H,6-7,10-12H2,1H3,(H,20,24). The number of hydrogen-bond acceptors (Lipinski definition) is 4. The molecule has 1 atom stereocenters. The molecule has 1 unspecified atom stereocenters. The minimum Gasteiger partial charge on any atom is -0.354 e. The maximum atomic E-state index is 12.2. The lowest BCUT2D eigenvalue weighted by atomic mass is 9.99. The van der Waals surface area contributed by atoms with Crippen molar-refractivity contribution in [3.63, 3.8) is 0 Å². The first-order chi connectivity index (χ1) is 12.2. The first-order valence-electron chi connectivity index (χ1n) is 8.67. The third-order valence-electron chi connectivity index (χ3n) is 4.86. The third-order valence-corrected chi connectivity index (χ3v) is 5.63. The predicted molar refractivity (Wildman–Crippen MR) is 99.8 cm³/mol. The Morgan fingerprint density at radius 1 is 1.36 bits per heavy atom. The van der Waals surface area contributed by atoms with Gasteiger partial charge in [0.05, 0.1) is 12.1 Å². The van der Waals surface area contributed by atoms with E-state index in [0.29, 0.717) is 19.0 Å². The minimum atomic E-state index is 0.0370. The van der Waals surface area contributed by atoms with Gasteiger partial charge in [0.15, 0.2) is 4.96 Å². The summed E-state index contributed by atoms with van der Waals surface area (Å²) in [6.07, 6.45) is 5.31. The Labute approximate surface area is 151 Å². The fourth-order valence-electron chi connectivity index (χ4n) is 3.37. The van der Waals surface area contributed by atoms with Gasteiger partial charge in [-0.3, -0.25) is 14.1 Å². The molecule has 25 heavy (non-hydrogen) atoms. The lowest BCUT2D eigenvalue weighted by molar-refractivity contribution is -0.120. The molecule has 0 bridgehead atoms. The van der Waals surface area contributed by atoms with Gasteiger partial charge in [0.25, 0.3) is 0 Å². The molecule has 3 aromatic rings. The SMILES string of the molecule is CC(CNC(=O)Cc1cn2ccsc2n1)N1CCc2ccccc2C1. The number of carbonyl (C=O) groups excluding carboxylic acids is 1. The van der Waals surface area contributed by atoms with E-state index in [0.717, 1.165) is 30.2 Å². The Bertz CT molecular complexity index is 856. The molecule has 3 heterocycles. The monoisotopic (exact) mass is 354 g/mol. The molecule has 0 fully saturated rings. The van der Waals surface area contributed by atoms with E-state index >= 15 is 0 Å². The number of thiazole rings is 1. The summed E-state index contributed by atoms with van der Waals surface area (Å²) in [6.45, 7) is 4.86. The predicted octanol–water partition coefficient (Wildman–Crippen LogP) is 2.50. The van der Waals surface area contributed by atoms with Crippen molar-refractivity contribution in [2.75, 3.05) is 13.1 Å². The lowest BCUT2D eigenvalue weighted by Crippen LogP contribution is -2.44. The zero-order valence-electron chi connectivity index (χ0n) is 14.3. The van der Waals surface area contributed by atoms with E-state index < -0.39 is 0 Å². The number of rotatable bonds is 5. The van der Waals surface area contributed by atoms with Crippen LogP contribution in [-0.4, -0.2) is 39.3 Å². The van der Waals surface area contributed by atoms with Crippen LogP contribution >= 0.6 is 11.3 Å². The molecule has 5 nitrogen and oxygen atoms in total. The van der Waals surface area contributed by atoms with Crippen LogP contribution in [0, 0.1) is 0 Å². The van der Waals surface area contributed by atoms with E-state index in [4.69, 9.17) is 0 Å². The van der Waals surface area contributed by atoms with Gasteiger partial charge in [0.1, 0.15) is 0 Å². The second-order valence-electron chi connectivity index (χ2n) is 6.64. The normalized spacial score (nSPS) is 15.9. The van der Waals surface area contributed by atoms with E-state index in [1.54, 1.807) is 11.3 Å². The molecule has 0 saturated carbocycles. The number of hydrogen-bond donors (Lipinski definition) is 1. The molecule has 1 N–H and O–H groups in total. The fourth-order valence-corrected chi connectivity index (χ4v) is 4.09. The molecule has 130 valence electrons. The molecule has 1 aromatic carbocycles. The van der Waals surface area contributed by atoms with E-state index in [-0.39, 0.29) is 5.91 Å².